The average Bonchev–Trinajstić information content (AvgIpc) is 2.81. The maximum absolute atomic E-state index is 5.09. The van der Waals surface area contributed by atoms with Crippen LogP contribution in [-0.2, 0) is 44.7 Å². The molecule has 0 atom stereocenters. The Hall–Kier alpha value is -1.54. The minimum absolute atomic E-state index is 0. The molecule has 4 N–H and O–H groups in total. The Morgan fingerprint density at radius 2 is 1.18 bits per heavy atom. The molecule has 0 aliphatic rings. The second-order valence-electron chi connectivity index (χ2n) is 5.86. The minimum Gasteiger partial charge on any atom is -0.741 e. The van der Waals surface area contributed by atoms with E-state index in [4.69, 9.17) is 49.7 Å². The molecule has 0 heterocycles. The molecule has 0 aliphatic heterocycles. The zero-order chi connectivity index (χ0) is 25.1. The van der Waals surface area contributed by atoms with Crippen molar-refractivity contribution in [2.75, 3.05) is 27.7 Å². The van der Waals surface area contributed by atoms with Gasteiger partial charge in [-0.2, -0.15) is 25.5 Å². The molecule has 180 valence electrons. The van der Waals surface area contributed by atoms with Gasteiger partial charge in [-0.15, -0.1) is 0 Å². The molecule has 10 nitrogen and oxygen atoms in total. The number of amidine groups is 2. The summed E-state index contributed by atoms with van der Waals surface area (Å²) >= 11 is 19.6. The van der Waals surface area contributed by atoms with E-state index in [1.807, 2.05) is 20.8 Å². The Morgan fingerprint density at radius 1 is 0.727 bits per heavy atom. The van der Waals surface area contributed by atoms with Crippen LogP contribution in [0.5, 0.6) is 0 Å². The summed E-state index contributed by atoms with van der Waals surface area (Å²) < 4.78 is 0. The van der Waals surface area contributed by atoms with Crippen LogP contribution in [0.2, 0.25) is 0 Å². The number of thiocarbonyl (C=S) groups is 2. The van der Waals surface area contributed by atoms with Crippen molar-refractivity contribution in [2.45, 2.75) is 41.0 Å². The van der Waals surface area contributed by atoms with Gasteiger partial charge in [0.15, 0.2) is 5.11 Å². The van der Waals surface area contributed by atoms with E-state index in [0.29, 0.717) is 33.4 Å². The molecule has 0 saturated carbocycles. The Bertz CT molecular complexity index is 738. The molecule has 0 rings (SSSR count). The van der Waals surface area contributed by atoms with E-state index in [9.17, 15) is 0 Å². The van der Waals surface area contributed by atoms with Crippen LogP contribution in [0.15, 0.2) is 30.5 Å². The van der Waals surface area contributed by atoms with Crippen molar-refractivity contribution in [2.24, 2.45) is 30.5 Å². The fourth-order valence-electron chi connectivity index (χ4n) is 1.19. The number of rotatable bonds is 8. The smallest absolute Gasteiger partial charge is 0.741 e. The van der Waals surface area contributed by atoms with Crippen LogP contribution in [0.4, 0.5) is 0 Å². The quantitative estimate of drug-likeness (QED) is 0.0853. The third-order valence-corrected chi connectivity index (χ3v) is 4.78. The monoisotopic (exact) mass is 580 g/mol. The van der Waals surface area contributed by atoms with Crippen LogP contribution in [0.3, 0.4) is 0 Å². The van der Waals surface area contributed by atoms with Crippen molar-refractivity contribution in [3.05, 3.63) is 0 Å². The largest absolute Gasteiger partial charge is 2.00 e. The average molecular weight is 582 g/mol. The number of hydrazone groups is 1. The van der Waals surface area contributed by atoms with Crippen LogP contribution < -0.4 is 21.4 Å². The van der Waals surface area contributed by atoms with E-state index in [2.05, 4.69) is 51.9 Å². The van der Waals surface area contributed by atoms with Gasteiger partial charge in [-0.25, -0.2) is 0 Å². The first kappa shape index (κ1) is 36.0. The number of nitrogens with one attached hydrogen (secondary N) is 4. The van der Waals surface area contributed by atoms with Crippen molar-refractivity contribution >= 4 is 92.9 Å². The molecule has 0 bridgehead atoms. The van der Waals surface area contributed by atoms with Gasteiger partial charge in [-0.3, -0.25) is 10.4 Å². The van der Waals surface area contributed by atoms with Crippen molar-refractivity contribution in [1.29, 1.82) is 0 Å². The summed E-state index contributed by atoms with van der Waals surface area (Å²) in [5, 5.41) is 28.6. The van der Waals surface area contributed by atoms with E-state index < -0.39 is 0 Å². The Balaban J connectivity index is -0.000000529. The fraction of sp³-hybridized carbons (Fsp3) is 0.556. The van der Waals surface area contributed by atoms with Gasteiger partial charge in [0.05, 0.1) is 29.4 Å². The molecule has 33 heavy (non-hydrogen) atoms. The summed E-state index contributed by atoms with van der Waals surface area (Å²) in [6.45, 7) is 9.92. The van der Waals surface area contributed by atoms with E-state index >= 15 is 0 Å². The predicted molar refractivity (Wildman–Crippen MR) is 153 cm³/mol. The second kappa shape index (κ2) is 22.3. The molecule has 0 aliphatic carbocycles. The molecular weight excluding hydrogens is 550 g/mol. The third kappa shape index (κ3) is 20.8. The normalized spacial score (nSPS) is 13.2. The molecule has 15 heteroatoms. The zero-order valence-corrected chi connectivity index (χ0v) is 26.7. The van der Waals surface area contributed by atoms with E-state index in [0.717, 1.165) is 22.7 Å². The van der Waals surface area contributed by atoms with Gasteiger partial charge in [0, 0.05) is 26.0 Å². The first-order valence-corrected chi connectivity index (χ1v) is 11.1. The molecule has 0 aromatic carbocycles. The molecule has 0 unspecified atom stereocenters. The third-order valence-electron chi connectivity index (χ3n) is 3.50. The summed E-state index contributed by atoms with van der Waals surface area (Å²) in [6.07, 6.45) is 0.879. The number of aliphatic imine (C=N–C) groups is 1. The van der Waals surface area contributed by atoms with Crippen LogP contribution in [0, 0.1) is 0 Å². The summed E-state index contributed by atoms with van der Waals surface area (Å²) in [4.78, 5) is 5.29. The van der Waals surface area contributed by atoms with Crippen molar-refractivity contribution in [3.63, 3.8) is 0 Å². The van der Waals surface area contributed by atoms with Gasteiger partial charge in [0.2, 0.25) is 0 Å². The van der Waals surface area contributed by atoms with Gasteiger partial charge < -0.3 is 41.2 Å². The first-order valence-electron chi connectivity index (χ1n) is 9.51. The zero-order valence-electron chi connectivity index (χ0n) is 20.4. The first-order chi connectivity index (χ1) is 15.0. The summed E-state index contributed by atoms with van der Waals surface area (Å²) in [7, 11) is 5.09. The van der Waals surface area contributed by atoms with E-state index in [1.54, 1.807) is 35.0 Å². The topological polar surface area (TPSA) is 122 Å². The molecule has 0 aromatic heterocycles. The molecule has 0 amide bonds. The Labute approximate surface area is 231 Å². The fourth-order valence-corrected chi connectivity index (χ4v) is 1.38. The standard InChI is InChI=1S/C10H18N4S2.C8H16N6S2.Zn/c1-5-9(15)6-12-7(2)8(3)13-14-10(16)11-4;1-5(11-13-7(15)9-3)6(2)12-14-8(16)10-4;/h5-6H2,1-4H3,(H2,11,14,16);1-4H3,(H2,9,13,15)(H2,10,14,16);/q;;+2/p-2/b12-7?,13-8+;;. The molecule has 0 fully saturated rings. The van der Waals surface area contributed by atoms with Crippen molar-refractivity contribution < 1.29 is 19.5 Å². The van der Waals surface area contributed by atoms with Gasteiger partial charge in [0.25, 0.3) is 0 Å². The summed E-state index contributed by atoms with van der Waals surface area (Å²) in [5.74, 6) is 0. The van der Waals surface area contributed by atoms with E-state index in [-0.39, 0.29) is 19.5 Å². The maximum atomic E-state index is 5.09. The summed E-state index contributed by atoms with van der Waals surface area (Å²) in [5.41, 5.74) is 5.63. The molecule has 0 aromatic rings. The SMILES string of the molecule is CCC(=S)CN=C(C)/C(C)=N/NC(=S)NC.CNC([S-])=NN=C(C)C(C)=NN=C([S-])NC.[Zn+2]. The van der Waals surface area contributed by atoms with Gasteiger partial charge >= 0.3 is 19.5 Å². The van der Waals surface area contributed by atoms with Crippen LogP contribution >= 0.6 is 24.4 Å². The van der Waals surface area contributed by atoms with Crippen molar-refractivity contribution in [3.8, 4) is 0 Å². The molecule has 0 saturated heterocycles. The van der Waals surface area contributed by atoms with Crippen LogP contribution in [-0.4, -0.2) is 70.8 Å². The van der Waals surface area contributed by atoms with Crippen molar-refractivity contribution in [1.82, 2.24) is 21.4 Å². The van der Waals surface area contributed by atoms with Gasteiger partial charge in [0.1, 0.15) is 0 Å². The molecular formula is C18H32N10S4Zn. The number of nitrogens with zero attached hydrogens (tertiary/aromatic N) is 6. The van der Waals surface area contributed by atoms with Gasteiger partial charge in [-0.05, 0) is 56.7 Å². The number of hydrogen-bond acceptors (Lipinski definition) is 10. The van der Waals surface area contributed by atoms with Crippen LogP contribution in [0.25, 0.3) is 0 Å². The number of hydrogen-bond donors (Lipinski definition) is 4. The van der Waals surface area contributed by atoms with Crippen LogP contribution in [0.1, 0.15) is 41.0 Å². The van der Waals surface area contributed by atoms with E-state index in [1.165, 1.54) is 0 Å². The predicted octanol–water partition coefficient (Wildman–Crippen LogP) is 1.68. The van der Waals surface area contributed by atoms with Gasteiger partial charge in [-0.1, -0.05) is 19.1 Å². The Morgan fingerprint density at radius 3 is 1.55 bits per heavy atom. The Kier molecular flexibility index (Phi) is 24.3. The summed E-state index contributed by atoms with van der Waals surface area (Å²) in [6, 6.07) is 0. The molecule has 0 radical (unpaired) electrons. The second-order valence-corrected chi connectivity index (χ2v) is 7.62. The minimum atomic E-state index is 0. The molecule has 0 spiro atoms. The maximum Gasteiger partial charge on any atom is 2.00 e.